The van der Waals surface area contributed by atoms with Crippen LogP contribution in [0.15, 0.2) is 54.3 Å². The van der Waals surface area contributed by atoms with Gasteiger partial charge < -0.3 is 0 Å². The van der Waals surface area contributed by atoms with Crippen LogP contribution in [0.5, 0.6) is 0 Å². The van der Waals surface area contributed by atoms with Crippen molar-refractivity contribution in [3.63, 3.8) is 0 Å². The van der Waals surface area contributed by atoms with E-state index in [1.54, 1.807) is 37.3 Å². The average molecular weight is 315 g/mol. The van der Waals surface area contributed by atoms with Gasteiger partial charge >= 0.3 is 6.03 Å². The van der Waals surface area contributed by atoms with Gasteiger partial charge in [0, 0.05) is 0 Å². The molecule has 0 atom stereocenters. The molecule has 1 heterocycles. The molecule has 0 bridgehead atoms. The van der Waals surface area contributed by atoms with Crippen molar-refractivity contribution >= 4 is 23.5 Å². The van der Waals surface area contributed by atoms with Gasteiger partial charge in [0.2, 0.25) is 0 Å². The molecule has 1 aromatic carbocycles. The summed E-state index contributed by atoms with van der Waals surface area (Å²) < 4.78 is 0. The second-order valence-electron chi connectivity index (χ2n) is 4.64. The van der Waals surface area contributed by atoms with E-state index in [-0.39, 0.29) is 12.2 Å². The summed E-state index contributed by atoms with van der Waals surface area (Å²) >= 11 is 0. The molecule has 7 heteroatoms. The zero-order chi connectivity index (χ0) is 16.8. The van der Waals surface area contributed by atoms with Crippen LogP contribution in [0, 0.1) is 0 Å². The zero-order valence-corrected chi connectivity index (χ0v) is 12.7. The Morgan fingerprint density at radius 3 is 2.61 bits per heavy atom. The highest BCUT2D eigenvalue weighted by Gasteiger charge is 2.38. The summed E-state index contributed by atoms with van der Waals surface area (Å²) in [5.41, 5.74) is 3.10. The molecular weight excluding hydrogens is 298 g/mol. The summed E-state index contributed by atoms with van der Waals surface area (Å²) in [6, 6.07) is 7.59. The standard InChI is InChI=1S/C16H17N3O4/c1-3-10-23-18-12(4-2)13-14(20)17-16(22)19(15(13)21)11-8-6-5-7-9-11/h3,5-9,18H,1,4,10H2,2H3,(H,17,20,22)/b13-12-. The summed E-state index contributed by atoms with van der Waals surface area (Å²) in [6.45, 7) is 5.47. The van der Waals surface area contributed by atoms with Crippen LogP contribution < -0.4 is 15.7 Å². The molecule has 2 rings (SSSR count). The van der Waals surface area contributed by atoms with Gasteiger partial charge in [-0.3, -0.25) is 25.2 Å². The number of benzene rings is 1. The summed E-state index contributed by atoms with van der Waals surface area (Å²) in [5.74, 6) is -1.45. The zero-order valence-electron chi connectivity index (χ0n) is 12.7. The largest absolute Gasteiger partial charge is 0.335 e. The number of hydroxylamine groups is 1. The van der Waals surface area contributed by atoms with Crippen LogP contribution >= 0.6 is 0 Å². The number of nitrogens with zero attached hydrogens (tertiary/aromatic N) is 1. The lowest BCUT2D eigenvalue weighted by Crippen LogP contribution is -2.55. The number of imide groups is 2. The van der Waals surface area contributed by atoms with Crippen molar-refractivity contribution < 1.29 is 19.2 Å². The summed E-state index contributed by atoms with van der Waals surface area (Å²) in [4.78, 5) is 42.8. The Morgan fingerprint density at radius 2 is 2.00 bits per heavy atom. The molecule has 0 aliphatic carbocycles. The fourth-order valence-electron chi connectivity index (χ4n) is 2.08. The molecule has 1 fully saturated rings. The number of hydrogen-bond donors (Lipinski definition) is 2. The van der Waals surface area contributed by atoms with E-state index in [0.717, 1.165) is 4.90 Å². The first kappa shape index (κ1) is 16.4. The van der Waals surface area contributed by atoms with E-state index in [1.165, 1.54) is 6.08 Å². The lowest BCUT2D eigenvalue weighted by atomic mass is 10.1. The SMILES string of the molecule is C=CCON/C(CC)=C1/C(=O)NC(=O)N(c2ccccc2)C1=O. The van der Waals surface area contributed by atoms with Gasteiger partial charge in [-0.1, -0.05) is 31.2 Å². The topological polar surface area (TPSA) is 87.7 Å². The molecule has 4 amide bonds. The molecule has 0 unspecified atom stereocenters. The van der Waals surface area contributed by atoms with E-state index in [0.29, 0.717) is 17.8 Å². The molecule has 2 N–H and O–H groups in total. The third-order valence-corrected chi connectivity index (χ3v) is 3.13. The van der Waals surface area contributed by atoms with Crippen LogP contribution in [0.3, 0.4) is 0 Å². The Bertz CT molecular complexity index is 667. The smallest absolute Gasteiger partial charge is 0.273 e. The number of amides is 4. The summed E-state index contributed by atoms with van der Waals surface area (Å²) in [5, 5.41) is 2.17. The van der Waals surface area contributed by atoms with Crippen molar-refractivity contribution in [3.05, 3.63) is 54.3 Å². The molecule has 1 aromatic rings. The molecule has 23 heavy (non-hydrogen) atoms. The van der Waals surface area contributed by atoms with Gasteiger partial charge in [0.05, 0.1) is 18.0 Å². The number of carbonyl (C=O) groups excluding carboxylic acids is 3. The second kappa shape index (κ2) is 7.37. The van der Waals surface area contributed by atoms with Gasteiger partial charge in [-0.15, -0.1) is 6.58 Å². The van der Waals surface area contributed by atoms with E-state index in [2.05, 4.69) is 17.4 Å². The number of carbonyl (C=O) groups is 3. The fraction of sp³-hybridized carbons (Fsp3) is 0.188. The van der Waals surface area contributed by atoms with E-state index < -0.39 is 17.8 Å². The van der Waals surface area contributed by atoms with Crippen LogP contribution in [0.4, 0.5) is 10.5 Å². The average Bonchev–Trinajstić information content (AvgIpc) is 2.54. The van der Waals surface area contributed by atoms with E-state index in [1.807, 2.05) is 0 Å². The number of allylic oxidation sites excluding steroid dienone is 1. The highest BCUT2D eigenvalue weighted by atomic mass is 16.6. The summed E-state index contributed by atoms with van der Waals surface area (Å²) in [7, 11) is 0. The van der Waals surface area contributed by atoms with Crippen LogP contribution in [-0.4, -0.2) is 24.5 Å². The van der Waals surface area contributed by atoms with Crippen LogP contribution in [0.2, 0.25) is 0 Å². The number of hydrogen-bond acceptors (Lipinski definition) is 5. The van der Waals surface area contributed by atoms with Crippen molar-refractivity contribution in [1.82, 2.24) is 10.8 Å². The molecule has 1 saturated heterocycles. The maximum atomic E-state index is 12.7. The number of barbiturate groups is 1. The monoisotopic (exact) mass is 315 g/mol. The Balaban J connectivity index is 2.39. The van der Waals surface area contributed by atoms with Gasteiger partial charge in [-0.25, -0.2) is 9.69 Å². The van der Waals surface area contributed by atoms with Crippen LogP contribution in [0.25, 0.3) is 0 Å². The highest BCUT2D eigenvalue weighted by Crippen LogP contribution is 2.21. The highest BCUT2D eigenvalue weighted by molar-refractivity contribution is 6.37. The number of urea groups is 1. The minimum atomic E-state index is -0.780. The van der Waals surface area contributed by atoms with Crippen molar-refractivity contribution in [1.29, 1.82) is 0 Å². The predicted octanol–water partition coefficient (Wildman–Crippen LogP) is 1.64. The summed E-state index contributed by atoms with van der Waals surface area (Å²) in [6.07, 6.45) is 1.87. The Kier molecular flexibility index (Phi) is 5.27. The molecule has 0 radical (unpaired) electrons. The van der Waals surface area contributed by atoms with Crippen LogP contribution in [0.1, 0.15) is 13.3 Å². The molecule has 0 aromatic heterocycles. The number of para-hydroxylation sites is 1. The number of rotatable bonds is 6. The van der Waals surface area contributed by atoms with E-state index in [4.69, 9.17) is 4.84 Å². The molecular formula is C16H17N3O4. The van der Waals surface area contributed by atoms with E-state index >= 15 is 0 Å². The van der Waals surface area contributed by atoms with Crippen molar-refractivity contribution in [2.75, 3.05) is 11.5 Å². The quantitative estimate of drug-likeness (QED) is 0.274. The number of anilines is 1. The molecule has 0 saturated carbocycles. The third kappa shape index (κ3) is 3.46. The molecule has 1 aliphatic heterocycles. The van der Waals surface area contributed by atoms with Gasteiger partial charge in [0.1, 0.15) is 5.57 Å². The Morgan fingerprint density at radius 1 is 1.30 bits per heavy atom. The lowest BCUT2D eigenvalue weighted by molar-refractivity contribution is -0.123. The molecule has 1 aliphatic rings. The molecule has 120 valence electrons. The minimum absolute atomic E-state index is 0.153. The Labute approximate surface area is 133 Å². The van der Waals surface area contributed by atoms with E-state index in [9.17, 15) is 14.4 Å². The first-order valence-electron chi connectivity index (χ1n) is 7.06. The van der Waals surface area contributed by atoms with Crippen molar-refractivity contribution in [2.45, 2.75) is 13.3 Å². The first-order chi connectivity index (χ1) is 11.1. The molecule has 7 nitrogen and oxygen atoms in total. The van der Waals surface area contributed by atoms with Gasteiger partial charge in [0.25, 0.3) is 11.8 Å². The normalized spacial score (nSPS) is 16.9. The van der Waals surface area contributed by atoms with Gasteiger partial charge in [-0.05, 0) is 18.6 Å². The predicted molar refractivity (Wildman–Crippen MR) is 84.1 cm³/mol. The van der Waals surface area contributed by atoms with Crippen molar-refractivity contribution in [3.8, 4) is 0 Å². The minimum Gasteiger partial charge on any atom is -0.273 e. The second-order valence-corrected chi connectivity index (χ2v) is 4.64. The Hall–Kier alpha value is -2.93. The van der Waals surface area contributed by atoms with Crippen LogP contribution in [-0.2, 0) is 14.4 Å². The third-order valence-electron chi connectivity index (χ3n) is 3.13. The molecule has 0 spiro atoms. The van der Waals surface area contributed by atoms with Gasteiger partial charge in [0.15, 0.2) is 0 Å². The fourth-order valence-corrected chi connectivity index (χ4v) is 2.08. The van der Waals surface area contributed by atoms with Gasteiger partial charge in [-0.2, -0.15) is 0 Å². The number of nitrogens with one attached hydrogen (secondary N) is 2. The first-order valence-corrected chi connectivity index (χ1v) is 7.06. The maximum absolute atomic E-state index is 12.7. The lowest BCUT2D eigenvalue weighted by Gasteiger charge is -2.27. The maximum Gasteiger partial charge on any atom is 0.335 e. The van der Waals surface area contributed by atoms with Crippen molar-refractivity contribution in [2.24, 2.45) is 0 Å².